The van der Waals surface area contributed by atoms with E-state index in [-0.39, 0.29) is 5.69 Å². The fourth-order valence-electron chi connectivity index (χ4n) is 1.33. The third-order valence-electron chi connectivity index (χ3n) is 2.08. The Labute approximate surface area is 98.5 Å². The van der Waals surface area contributed by atoms with Gasteiger partial charge in [0, 0.05) is 6.20 Å². The normalized spacial score (nSPS) is 9.94. The number of ether oxygens (including phenoxy) is 1. The summed E-state index contributed by atoms with van der Waals surface area (Å²) in [6.07, 6.45) is 3.00. The van der Waals surface area contributed by atoms with Gasteiger partial charge in [-0.05, 0) is 25.1 Å². The Morgan fingerprint density at radius 3 is 2.82 bits per heavy atom. The highest BCUT2D eigenvalue weighted by Crippen LogP contribution is 2.13. The zero-order valence-corrected chi connectivity index (χ0v) is 9.33. The average Bonchev–Trinajstić information content (AvgIpc) is 2.40. The van der Waals surface area contributed by atoms with Crippen LogP contribution in [0.1, 0.15) is 17.4 Å². The summed E-state index contributed by atoms with van der Waals surface area (Å²) >= 11 is 0. The zero-order valence-electron chi connectivity index (χ0n) is 9.33. The maximum absolute atomic E-state index is 11.5. The van der Waals surface area contributed by atoms with Crippen LogP contribution >= 0.6 is 0 Å². The summed E-state index contributed by atoms with van der Waals surface area (Å²) in [5, 5.41) is 0. The predicted molar refractivity (Wildman–Crippen MR) is 61.2 cm³/mol. The molecule has 0 fully saturated rings. The van der Waals surface area contributed by atoms with Crippen LogP contribution in [0.3, 0.4) is 0 Å². The van der Waals surface area contributed by atoms with Crippen LogP contribution in [0.15, 0.2) is 36.8 Å². The molecule has 0 aromatic carbocycles. The molecule has 0 N–H and O–H groups in total. The van der Waals surface area contributed by atoms with Crippen LogP contribution in [0, 0.1) is 0 Å². The molecule has 0 unspecified atom stereocenters. The van der Waals surface area contributed by atoms with Gasteiger partial charge in [-0.1, -0.05) is 6.07 Å². The molecule has 2 aromatic rings. The lowest BCUT2D eigenvalue weighted by molar-refractivity contribution is 0.0519. The first-order valence-electron chi connectivity index (χ1n) is 5.22. The molecule has 0 atom stereocenters. The number of aromatic nitrogens is 3. The van der Waals surface area contributed by atoms with E-state index >= 15 is 0 Å². The number of nitrogens with zero attached hydrogens (tertiary/aromatic N) is 3. The summed E-state index contributed by atoms with van der Waals surface area (Å²) < 4.78 is 4.87. The van der Waals surface area contributed by atoms with E-state index in [1.807, 2.05) is 18.2 Å². The van der Waals surface area contributed by atoms with Crippen LogP contribution in [0.5, 0.6) is 0 Å². The van der Waals surface area contributed by atoms with Crippen molar-refractivity contribution in [2.45, 2.75) is 6.92 Å². The van der Waals surface area contributed by atoms with Gasteiger partial charge in [-0.2, -0.15) is 0 Å². The summed E-state index contributed by atoms with van der Waals surface area (Å²) in [7, 11) is 0. The zero-order chi connectivity index (χ0) is 12.1. The Morgan fingerprint density at radius 2 is 2.12 bits per heavy atom. The van der Waals surface area contributed by atoms with Gasteiger partial charge in [-0.15, -0.1) is 0 Å². The Balaban J connectivity index is 2.32. The molecular formula is C12H11N3O2. The molecule has 17 heavy (non-hydrogen) atoms. The first kappa shape index (κ1) is 11.2. The molecule has 0 saturated heterocycles. The van der Waals surface area contributed by atoms with E-state index in [1.54, 1.807) is 19.2 Å². The number of carbonyl (C=O) groups excluding carboxylic acids is 1. The maximum Gasteiger partial charge on any atom is 0.357 e. The summed E-state index contributed by atoms with van der Waals surface area (Å²) in [5.74, 6) is -0.452. The van der Waals surface area contributed by atoms with Crippen LogP contribution < -0.4 is 0 Å². The molecule has 5 heteroatoms. The van der Waals surface area contributed by atoms with Gasteiger partial charge in [0.1, 0.15) is 6.33 Å². The summed E-state index contributed by atoms with van der Waals surface area (Å²) in [6.45, 7) is 2.07. The highest BCUT2D eigenvalue weighted by molar-refractivity contribution is 5.88. The van der Waals surface area contributed by atoms with Crippen molar-refractivity contribution in [1.29, 1.82) is 0 Å². The lowest BCUT2D eigenvalue weighted by atomic mass is 10.2. The Hall–Kier alpha value is -2.30. The molecule has 0 saturated carbocycles. The van der Waals surface area contributed by atoms with Gasteiger partial charge >= 0.3 is 5.97 Å². The molecule has 0 aliphatic heterocycles. The van der Waals surface area contributed by atoms with E-state index in [0.29, 0.717) is 18.0 Å². The van der Waals surface area contributed by atoms with Gasteiger partial charge in [-0.3, -0.25) is 4.98 Å². The monoisotopic (exact) mass is 229 g/mol. The van der Waals surface area contributed by atoms with Crippen molar-refractivity contribution in [2.75, 3.05) is 6.61 Å². The third-order valence-corrected chi connectivity index (χ3v) is 2.08. The van der Waals surface area contributed by atoms with E-state index in [4.69, 9.17) is 4.74 Å². The average molecular weight is 229 g/mol. The molecule has 2 heterocycles. The fraction of sp³-hybridized carbons (Fsp3) is 0.167. The number of rotatable bonds is 3. The SMILES string of the molecule is CCOC(=O)c1cc(-c2ccccn2)ncn1. The van der Waals surface area contributed by atoms with Crippen LogP contribution in [0.4, 0.5) is 0 Å². The lowest BCUT2D eigenvalue weighted by Gasteiger charge is -2.02. The van der Waals surface area contributed by atoms with Gasteiger partial charge in [-0.25, -0.2) is 14.8 Å². The van der Waals surface area contributed by atoms with E-state index in [9.17, 15) is 4.79 Å². The number of hydrogen-bond acceptors (Lipinski definition) is 5. The molecular weight excluding hydrogens is 218 g/mol. The fourth-order valence-corrected chi connectivity index (χ4v) is 1.33. The minimum absolute atomic E-state index is 0.238. The minimum Gasteiger partial charge on any atom is -0.461 e. The molecule has 86 valence electrons. The van der Waals surface area contributed by atoms with Crippen LogP contribution in [0.25, 0.3) is 11.4 Å². The molecule has 5 nitrogen and oxygen atoms in total. The molecule has 0 aliphatic carbocycles. The standard InChI is InChI=1S/C12H11N3O2/c1-2-17-12(16)11-7-10(14-8-15-11)9-5-3-4-6-13-9/h3-8H,2H2,1H3. The van der Waals surface area contributed by atoms with Crippen molar-refractivity contribution in [3.05, 3.63) is 42.5 Å². The second kappa shape index (κ2) is 5.16. The molecule has 2 rings (SSSR count). The van der Waals surface area contributed by atoms with E-state index in [1.165, 1.54) is 6.33 Å². The summed E-state index contributed by atoms with van der Waals surface area (Å²) in [5.41, 5.74) is 1.53. The van der Waals surface area contributed by atoms with Crippen molar-refractivity contribution in [3.8, 4) is 11.4 Å². The van der Waals surface area contributed by atoms with E-state index in [2.05, 4.69) is 15.0 Å². The van der Waals surface area contributed by atoms with Crippen molar-refractivity contribution in [2.24, 2.45) is 0 Å². The van der Waals surface area contributed by atoms with Crippen molar-refractivity contribution in [3.63, 3.8) is 0 Å². The van der Waals surface area contributed by atoms with Crippen molar-refractivity contribution < 1.29 is 9.53 Å². The van der Waals surface area contributed by atoms with Crippen LogP contribution in [-0.2, 0) is 4.74 Å². The molecule has 0 bridgehead atoms. The second-order valence-electron chi connectivity index (χ2n) is 3.22. The topological polar surface area (TPSA) is 65.0 Å². The third kappa shape index (κ3) is 2.63. The predicted octanol–water partition coefficient (Wildman–Crippen LogP) is 1.72. The van der Waals surface area contributed by atoms with Gasteiger partial charge in [0.05, 0.1) is 18.0 Å². The first-order chi connectivity index (χ1) is 8.31. The number of carbonyl (C=O) groups is 1. The molecule has 2 aromatic heterocycles. The smallest absolute Gasteiger partial charge is 0.357 e. The number of hydrogen-bond donors (Lipinski definition) is 0. The summed E-state index contributed by atoms with van der Waals surface area (Å²) in [6, 6.07) is 7.06. The minimum atomic E-state index is -0.452. The van der Waals surface area contributed by atoms with Crippen LogP contribution in [-0.4, -0.2) is 27.5 Å². The molecule has 0 spiro atoms. The van der Waals surface area contributed by atoms with Gasteiger partial charge in [0.25, 0.3) is 0 Å². The highest BCUT2D eigenvalue weighted by Gasteiger charge is 2.10. The Bertz CT molecular complexity index is 514. The second-order valence-corrected chi connectivity index (χ2v) is 3.22. The van der Waals surface area contributed by atoms with Gasteiger partial charge in [0.15, 0.2) is 5.69 Å². The van der Waals surface area contributed by atoms with Crippen molar-refractivity contribution >= 4 is 5.97 Å². The summed E-state index contributed by atoms with van der Waals surface area (Å²) in [4.78, 5) is 23.6. The molecule has 0 amide bonds. The number of pyridine rings is 1. The van der Waals surface area contributed by atoms with Crippen LogP contribution in [0.2, 0.25) is 0 Å². The quantitative estimate of drug-likeness (QED) is 0.750. The Kier molecular flexibility index (Phi) is 3.40. The lowest BCUT2D eigenvalue weighted by Crippen LogP contribution is -2.07. The first-order valence-corrected chi connectivity index (χ1v) is 5.22. The van der Waals surface area contributed by atoms with Gasteiger partial charge < -0.3 is 4.74 Å². The highest BCUT2D eigenvalue weighted by atomic mass is 16.5. The van der Waals surface area contributed by atoms with Crippen molar-refractivity contribution in [1.82, 2.24) is 15.0 Å². The van der Waals surface area contributed by atoms with E-state index in [0.717, 1.165) is 0 Å². The maximum atomic E-state index is 11.5. The van der Waals surface area contributed by atoms with E-state index < -0.39 is 5.97 Å². The molecule has 0 radical (unpaired) electrons. The number of esters is 1. The Morgan fingerprint density at radius 1 is 1.24 bits per heavy atom. The largest absolute Gasteiger partial charge is 0.461 e. The van der Waals surface area contributed by atoms with Gasteiger partial charge in [0.2, 0.25) is 0 Å². The molecule has 0 aliphatic rings.